The molecule has 2 bridgehead atoms. The number of rotatable bonds is 6. The van der Waals surface area contributed by atoms with E-state index in [1.54, 1.807) is 0 Å². The van der Waals surface area contributed by atoms with E-state index in [0.29, 0.717) is 0 Å². The highest BCUT2D eigenvalue weighted by Crippen LogP contribution is 2.62. The third-order valence-corrected chi connectivity index (χ3v) is 6.40. The predicted molar refractivity (Wildman–Crippen MR) is 76.0 cm³/mol. The summed E-state index contributed by atoms with van der Waals surface area (Å²) in [6.45, 7) is 1.63. The van der Waals surface area contributed by atoms with Gasteiger partial charge in [-0.05, 0) is 18.3 Å². The van der Waals surface area contributed by atoms with Gasteiger partial charge in [-0.1, -0.05) is 13.8 Å². The largest absolute Gasteiger partial charge is 0.465 e. The van der Waals surface area contributed by atoms with Crippen LogP contribution in [-0.2, 0) is 29.2 Å². The van der Waals surface area contributed by atoms with Crippen LogP contribution in [0.1, 0.15) is 33.1 Å². The predicted octanol–water partition coefficient (Wildman–Crippen LogP) is 1.61. The highest BCUT2D eigenvalue weighted by molar-refractivity contribution is 7.87. The SMILES string of the molecule is CC1(C)C2CCC1(C(=O)OCCC(F)(F)C(F)(F)S(=O)(=O)O)C(=O)C2=O. The molecule has 0 aromatic heterocycles. The summed E-state index contributed by atoms with van der Waals surface area (Å²) >= 11 is 0. The molecule has 0 aromatic carbocycles. The van der Waals surface area contributed by atoms with Gasteiger partial charge in [-0.25, -0.2) is 0 Å². The lowest BCUT2D eigenvalue weighted by Gasteiger charge is -2.33. The van der Waals surface area contributed by atoms with E-state index in [2.05, 4.69) is 4.74 Å². The van der Waals surface area contributed by atoms with Gasteiger partial charge in [-0.3, -0.25) is 18.9 Å². The van der Waals surface area contributed by atoms with Crippen LogP contribution in [0.15, 0.2) is 0 Å². The minimum Gasteiger partial charge on any atom is -0.465 e. The molecule has 2 unspecified atom stereocenters. The van der Waals surface area contributed by atoms with Crippen molar-refractivity contribution in [3.8, 4) is 0 Å². The minimum absolute atomic E-state index is 0.0361. The maximum Gasteiger partial charge on any atom is 0.431 e. The molecule has 12 heteroatoms. The molecule has 2 aliphatic rings. The van der Waals surface area contributed by atoms with Gasteiger partial charge in [-0.2, -0.15) is 26.0 Å². The molecule has 2 rings (SSSR count). The van der Waals surface area contributed by atoms with Crippen molar-refractivity contribution in [2.75, 3.05) is 6.61 Å². The molecule has 0 saturated heterocycles. The van der Waals surface area contributed by atoms with E-state index in [-0.39, 0.29) is 12.8 Å². The molecule has 2 aliphatic carbocycles. The minimum atomic E-state index is -6.39. The van der Waals surface area contributed by atoms with Crippen molar-refractivity contribution >= 4 is 27.7 Å². The molecule has 0 spiro atoms. The van der Waals surface area contributed by atoms with Crippen LogP contribution in [0.5, 0.6) is 0 Å². The van der Waals surface area contributed by atoms with Gasteiger partial charge >= 0.3 is 27.3 Å². The highest BCUT2D eigenvalue weighted by Gasteiger charge is 2.73. The van der Waals surface area contributed by atoms with Crippen LogP contribution < -0.4 is 0 Å². The van der Waals surface area contributed by atoms with Crippen molar-refractivity contribution in [2.24, 2.45) is 16.7 Å². The fourth-order valence-corrected chi connectivity index (χ4v) is 4.24. The molecule has 0 aromatic rings. The van der Waals surface area contributed by atoms with Crippen molar-refractivity contribution < 1.29 is 49.7 Å². The first-order valence-electron chi connectivity index (χ1n) is 7.52. The Labute approximate surface area is 145 Å². The number of Topliss-reactive ketones (excluding diaryl/α,β-unsaturated/α-hetero) is 2. The van der Waals surface area contributed by atoms with E-state index >= 15 is 0 Å². The van der Waals surface area contributed by atoms with Crippen LogP contribution in [0, 0.1) is 16.7 Å². The second-order valence-corrected chi connectivity index (χ2v) is 8.46. The Kier molecular flexibility index (Phi) is 4.56. The number of esters is 1. The zero-order valence-corrected chi connectivity index (χ0v) is 14.5. The maximum absolute atomic E-state index is 13.4. The third-order valence-electron chi connectivity index (χ3n) is 5.45. The number of ketones is 2. The molecule has 148 valence electrons. The van der Waals surface area contributed by atoms with Gasteiger partial charge in [0.25, 0.3) is 0 Å². The number of halogens is 4. The quantitative estimate of drug-likeness (QED) is 0.235. The summed E-state index contributed by atoms with van der Waals surface area (Å²) in [5.41, 5.74) is -2.98. The summed E-state index contributed by atoms with van der Waals surface area (Å²) in [4.78, 5) is 36.4. The number of hydrogen-bond donors (Lipinski definition) is 1. The van der Waals surface area contributed by atoms with E-state index in [1.807, 2.05) is 0 Å². The van der Waals surface area contributed by atoms with Crippen LogP contribution in [0.2, 0.25) is 0 Å². The van der Waals surface area contributed by atoms with E-state index in [0.717, 1.165) is 0 Å². The fraction of sp³-hybridized carbons (Fsp3) is 0.786. The van der Waals surface area contributed by atoms with E-state index in [9.17, 15) is 40.4 Å². The average molecular weight is 404 g/mol. The number of ether oxygens (including phenoxy) is 1. The van der Waals surface area contributed by atoms with E-state index in [4.69, 9.17) is 4.55 Å². The first-order chi connectivity index (χ1) is 11.5. The summed E-state index contributed by atoms with van der Waals surface area (Å²) < 4.78 is 86.6. The maximum atomic E-state index is 13.4. The first kappa shape index (κ1) is 20.7. The molecule has 0 amide bonds. The highest BCUT2D eigenvalue weighted by atomic mass is 32.2. The summed E-state index contributed by atoms with van der Waals surface area (Å²) in [7, 11) is -6.39. The number of carbonyl (C=O) groups is 3. The number of carbonyl (C=O) groups excluding carboxylic acids is 3. The molecule has 1 N–H and O–H groups in total. The van der Waals surface area contributed by atoms with Gasteiger partial charge in [0.15, 0.2) is 0 Å². The lowest BCUT2D eigenvalue weighted by Crippen LogP contribution is -2.48. The lowest BCUT2D eigenvalue weighted by atomic mass is 9.69. The Morgan fingerprint density at radius 1 is 1.27 bits per heavy atom. The van der Waals surface area contributed by atoms with Crippen molar-refractivity contribution in [3.63, 3.8) is 0 Å². The number of fused-ring (bicyclic) bond motifs is 2. The molecule has 2 atom stereocenters. The average Bonchev–Trinajstić information content (AvgIpc) is 2.82. The Balaban J connectivity index is 2.13. The van der Waals surface area contributed by atoms with Crippen molar-refractivity contribution in [1.29, 1.82) is 0 Å². The van der Waals surface area contributed by atoms with Crippen molar-refractivity contribution in [1.82, 2.24) is 0 Å². The van der Waals surface area contributed by atoms with Crippen molar-refractivity contribution in [2.45, 2.75) is 44.3 Å². The molecular formula is C14H16F4O7S. The normalized spacial score (nSPS) is 28.5. The number of hydrogen-bond acceptors (Lipinski definition) is 6. The third kappa shape index (κ3) is 2.48. The summed E-state index contributed by atoms with van der Waals surface area (Å²) in [6.07, 6.45) is -1.72. The molecule has 2 saturated carbocycles. The smallest absolute Gasteiger partial charge is 0.431 e. The summed E-state index contributed by atoms with van der Waals surface area (Å²) in [6, 6.07) is 0. The zero-order valence-electron chi connectivity index (χ0n) is 13.7. The van der Waals surface area contributed by atoms with Crippen molar-refractivity contribution in [3.05, 3.63) is 0 Å². The van der Waals surface area contributed by atoms with Gasteiger partial charge in [0.2, 0.25) is 11.6 Å². The van der Waals surface area contributed by atoms with Crippen LogP contribution >= 0.6 is 0 Å². The Hall–Kier alpha value is -1.56. The van der Waals surface area contributed by atoms with Gasteiger partial charge in [0.1, 0.15) is 5.41 Å². The Bertz CT molecular complexity index is 774. The Morgan fingerprint density at radius 2 is 1.81 bits per heavy atom. The van der Waals surface area contributed by atoms with Crippen LogP contribution in [0.3, 0.4) is 0 Å². The standard InChI is InChI=1S/C14H16F4O7S/c1-11(2)7-3-4-12(11,9(20)8(7)19)10(21)25-6-5-13(15,16)14(17,18)26(22,23)24/h7H,3-6H2,1-2H3,(H,22,23,24). The zero-order chi connectivity index (χ0) is 20.3. The van der Waals surface area contributed by atoms with Gasteiger partial charge in [0, 0.05) is 5.92 Å². The lowest BCUT2D eigenvalue weighted by molar-refractivity contribution is -0.181. The molecule has 0 heterocycles. The molecule has 2 fully saturated rings. The monoisotopic (exact) mass is 404 g/mol. The first-order valence-corrected chi connectivity index (χ1v) is 8.96. The fourth-order valence-electron chi connectivity index (χ4n) is 3.76. The topological polar surface area (TPSA) is 115 Å². The second kappa shape index (κ2) is 5.72. The molecule has 7 nitrogen and oxygen atoms in total. The molecule has 0 aliphatic heterocycles. The van der Waals surface area contributed by atoms with Gasteiger partial charge in [-0.15, -0.1) is 0 Å². The second-order valence-electron chi connectivity index (χ2n) is 6.99. The molecule has 26 heavy (non-hydrogen) atoms. The number of alkyl halides is 4. The van der Waals surface area contributed by atoms with E-state index in [1.165, 1.54) is 13.8 Å². The van der Waals surface area contributed by atoms with Gasteiger partial charge < -0.3 is 4.74 Å². The van der Waals surface area contributed by atoms with Crippen LogP contribution in [0.4, 0.5) is 17.6 Å². The summed E-state index contributed by atoms with van der Waals surface area (Å²) in [5.74, 6) is -8.98. The van der Waals surface area contributed by atoms with Gasteiger partial charge in [0.05, 0.1) is 13.0 Å². The molecule has 0 radical (unpaired) electrons. The summed E-state index contributed by atoms with van der Waals surface area (Å²) in [5, 5.41) is -5.78. The van der Waals surface area contributed by atoms with E-state index < -0.39 is 68.6 Å². The van der Waals surface area contributed by atoms with Crippen LogP contribution in [0.25, 0.3) is 0 Å². The Morgan fingerprint density at radius 3 is 2.23 bits per heavy atom. The molecular weight excluding hydrogens is 388 g/mol. The van der Waals surface area contributed by atoms with Crippen LogP contribution in [-0.4, -0.2) is 48.3 Å².